The molecule has 3 heteroatoms. The summed E-state index contributed by atoms with van der Waals surface area (Å²) in [5.41, 5.74) is 2.43. The Hall–Kier alpha value is -1.48. The van der Waals surface area contributed by atoms with Crippen molar-refractivity contribution in [2.24, 2.45) is 0 Å². The summed E-state index contributed by atoms with van der Waals surface area (Å²) in [4.78, 5) is 21.1. The zero-order valence-corrected chi connectivity index (χ0v) is 8.07. The van der Waals surface area contributed by atoms with Crippen LogP contribution in [0.1, 0.15) is 33.2 Å². The minimum absolute atomic E-state index is 0.318. The predicted octanol–water partition coefficient (Wildman–Crippen LogP) is 1.26. The van der Waals surface area contributed by atoms with Gasteiger partial charge in [0.25, 0.3) is 0 Å². The molecule has 1 aromatic rings. The largest absolute Gasteiger partial charge is 0.380 e. The second-order valence-corrected chi connectivity index (χ2v) is 3.15. The average molecular weight is 191 g/mol. The molecule has 1 N–H and O–H groups in total. The van der Waals surface area contributed by atoms with Gasteiger partial charge in [-0.05, 0) is 30.5 Å². The molecule has 3 nitrogen and oxygen atoms in total. The van der Waals surface area contributed by atoms with Crippen LogP contribution in [0.25, 0.3) is 0 Å². The molecule has 0 bridgehead atoms. The topological polar surface area (TPSA) is 54.4 Å². The molecule has 0 saturated carbocycles. The van der Waals surface area contributed by atoms with Crippen molar-refractivity contribution in [2.75, 3.05) is 0 Å². The highest BCUT2D eigenvalue weighted by molar-refractivity contribution is 5.82. The molecular formula is C11H11O3. The van der Waals surface area contributed by atoms with Gasteiger partial charge in [0, 0.05) is 5.56 Å². The van der Waals surface area contributed by atoms with Crippen LogP contribution in [0, 0.1) is 13.8 Å². The number of benzene rings is 1. The quantitative estimate of drug-likeness (QED) is 0.732. The van der Waals surface area contributed by atoms with Crippen LogP contribution >= 0.6 is 0 Å². The number of hydrogen-bond donors (Lipinski definition) is 1. The Labute approximate surface area is 82.4 Å². The minimum atomic E-state index is -1.34. The van der Waals surface area contributed by atoms with Gasteiger partial charge in [0.2, 0.25) is 6.29 Å². The van der Waals surface area contributed by atoms with E-state index >= 15 is 0 Å². The molecule has 0 aliphatic rings. The number of aliphatic hydroxyl groups excluding tert-OH is 1. The lowest BCUT2D eigenvalue weighted by atomic mass is 9.96. The fraction of sp³-hybridized carbons (Fsp3) is 0.273. The van der Waals surface area contributed by atoms with Crippen molar-refractivity contribution in [1.29, 1.82) is 0 Å². The average Bonchev–Trinajstić information content (AvgIpc) is 2.20. The lowest BCUT2D eigenvalue weighted by Gasteiger charge is -2.10. The molecule has 0 fully saturated rings. The van der Waals surface area contributed by atoms with E-state index in [1.165, 1.54) is 6.29 Å². The highest BCUT2D eigenvalue weighted by Crippen LogP contribution is 2.21. The summed E-state index contributed by atoms with van der Waals surface area (Å²) < 4.78 is 0. The molecule has 1 rings (SSSR count). The van der Waals surface area contributed by atoms with Crippen LogP contribution in [0.3, 0.4) is 0 Å². The van der Waals surface area contributed by atoms with Crippen LogP contribution in [0.4, 0.5) is 0 Å². The second kappa shape index (κ2) is 4.15. The molecule has 1 atom stereocenters. The van der Waals surface area contributed by atoms with Gasteiger partial charge in [-0.15, -0.1) is 0 Å². The maximum Gasteiger partial charge on any atom is 0.234 e. The molecule has 1 radical (unpaired) electrons. The van der Waals surface area contributed by atoms with Crippen molar-refractivity contribution < 1.29 is 14.7 Å². The van der Waals surface area contributed by atoms with E-state index in [0.717, 1.165) is 11.1 Å². The number of aliphatic hydroxyl groups is 1. The number of aryl methyl sites for hydroxylation is 1. The number of carbonyl (C=O) groups is 1. The van der Waals surface area contributed by atoms with Crippen molar-refractivity contribution in [3.63, 3.8) is 0 Å². The van der Waals surface area contributed by atoms with Crippen LogP contribution in [-0.2, 0) is 4.79 Å². The minimum Gasteiger partial charge on any atom is -0.380 e. The van der Waals surface area contributed by atoms with E-state index in [9.17, 15) is 14.7 Å². The molecule has 14 heavy (non-hydrogen) atoms. The van der Waals surface area contributed by atoms with E-state index in [4.69, 9.17) is 0 Å². The first-order valence-electron chi connectivity index (χ1n) is 4.22. The molecule has 0 aromatic heterocycles. The van der Waals surface area contributed by atoms with Crippen LogP contribution in [0.5, 0.6) is 0 Å². The maximum atomic E-state index is 10.8. The Balaban J connectivity index is 3.37. The van der Waals surface area contributed by atoms with Gasteiger partial charge in [-0.3, -0.25) is 9.59 Å². The van der Waals surface area contributed by atoms with Crippen LogP contribution in [0.15, 0.2) is 12.1 Å². The van der Waals surface area contributed by atoms with Crippen molar-refractivity contribution in [1.82, 2.24) is 0 Å². The lowest BCUT2D eigenvalue weighted by Crippen LogP contribution is -2.05. The molecule has 1 unspecified atom stereocenters. The highest BCUT2D eigenvalue weighted by atomic mass is 16.3. The van der Waals surface area contributed by atoms with Gasteiger partial charge < -0.3 is 5.11 Å². The van der Waals surface area contributed by atoms with E-state index in [0.29, 0.717) is 17.4 Å². The SMILES string of the molecule is Cc1ccc(C(O)[C]=O)c(C=O)c1C. The summed E-state index contributed by atoms with van der Waals surface area (Å²) in [6, 6.07) is 3.33. The third kappa shape index (κ3) is 1.72. The monoisotopic (exact) mass is 191 g/mol. The van der Waals surface area contributed by atoms with Crippen LogP contribution in [-0.4, -0.2) is 17.7 Å². The third-order valence-electron chi connectivity index (χ3n) is 2.34. The Morgan fingerprint density at radius 3 is 2.57 bits per heavy atom. The van der Waals surface area contributed by atoms with Crippen molar-refractivity contribution in [2.45, 2.75) is 20.0 Å². The first-order chi connectivity index (χ1) is 6.61. The van der Waals surface area contributed by atoms with E-state index in [1.807, 2.05) is 6.92 Å². The zero-order valence-electron chi connectivity index (χ0n) is 8.07. The standard InChI is InChI=1S/C11H11O3/c1-7-3-4-9(11(14)6-13)10(5-12)8(7)2/h3-5,11,14H,1-2H3. The van der Waals surface area contributed by atoms with Gasteiger partial charge in [-0.25, -0.2) is 0 Å². The maximum absolute atomic E-state index is 10.8. The van der Waals surface area contributed by atoms with E-state index in [2.05, 4.69) is 0 Å². The molecule has 1 aromatic carbocycles. The molecule has 0 amide bonds. The summed E-state index contributed by atoms with van der Waals surface area (Å²) in [5, 5.41) is 9.27. The summed E-state index contributed by atoms with van der Waals surface area (Å²) in [6.07, 6.45) is 0.762. The van der Waals surface area contributed by atoms with Crippen LogP contribution in [0.2, 0.25) is 0 Å². The smallest absolute Gasteiger partial charge is 0.234 e. The van der Waals surface area contributed by atoms with Gasteiger partial charge in [0.1, 0.15) is 6.10 Å². The summed E-state index contributed by atoms with van der Waals surface area (Å²) in [7, 11) is 0. The zero-order chi connectivity index (χ0) is 10.7. The molecular weight excluding hydrogens is 180 g/mol. The lowest BCUT2D eigenvalue weighted by molar-refractivity contribution is 0.111. The molecule has 73 valence electrons. The Morgan fingerprint density at radius 1 is 1.43 bits per heavy atom. The van der Waals surface area contributed by atoms with Crippen LogP contribution < -0.4 is 0 Å². The molecule has 0 heterocycles. The second-order valence-electron chi connectivity index (χ2n) is 3.15. The van der Waals surface area contributed by atoms with Crippen molar-refractivity contribution in [3.05, 3.63) is 34.4 Å². The summed E-state index contributed by atoms with van der Waals surface area (Å²) in [6.45, 7) is 3.64. The highest BCUT2D eigenvalue weighted by Gasteiger charge is 2.14. The van der Waals surface area contributed by atoms with Gasteiger partial charge in [-0.1, -0.05) is 12.1 Å². The molecule has 0 saturated heterocycles. The van der Waals surface area contributed by atoms with E-state index in [-0.39, 0.29) is 0 Å². The molecule has 0 spiro atoms. The number of aldehydes is 1. The van der Waals surface area contributed by atoms with E-state index < -0.39 is 6.10 Å². The first kappa shape index (κ1) is 10.6. The van der Waals surface area contributed by atoms with Crippen molar-refractivity contribution in [3.8, 4) is 0 Å². The molecule has 0 aliphatic carbocycles. The van der Waals surface area contributed by atoms with Crippen molar-refractivity contribution >= 4 is 12.6 Å². The summed E-state index contributed by atoms with van der Waals surface area (Å²) in [5.74, 6) is 0. The van der Waals surface area contributed by atoms with Gasteiger partial charge in [-0.2, -0.15) is 0 Å². The number of hydrogen-bond acceptors (Lipinski definition) is 3. The Kier molecular flexibility index (Phi) is 3.14. The third-order valence-corrected chi connectivity index (χ3v) is 2.34. The number of carbonyl (C=O) groups excluding carboxylic acids is 2. The fourth-order valence-corrected chi connectivity index (χ4v) is 1.32. The Bertz CT molecular complexity index is 369. The Morgan fingerprint density at radius 2 is 2.07 bits per heavy atom. The normalized spacial score (nSPS) is 12.2. The van der Waals surface area contributed by atoms with Gasteiger partial charge in [0.15, 0.2) is 6.29 Å². The first-order valence-corrected chi connectivity index (χ1v) is 4.22. The van der Waals surface area contributed by atoms with Gasteiger partial charge in [0.05, 0.1) is 0 Å². The molecule has 0 aliphatic heterocycles. The summed E-state index contributed by atoms with van der Waals surface area (Å²) >= 11 is 0. The predicted molar refractivity (Wildman–Crippen MR) is 52.0 cm³/mol. The number of rotatable bonds is 3. The fourth-order valence-electron chi connectivity index (χ4n) is 1.32. The van der Waals surface area contributed by atoms with Gasteiger partial charge >= 0.3 is 0 Å². The van der Waals surface area contributed by atoms with E-state index in [1.54, 1.807) is 19.1 Å².